The summed E-state index contributed by atoms with van der Waals surface area (Å²) in [4.78, 5) is 4.73. The van der Waals surface area contributed by atoms with E-state index in [2.05, 4.69) is 26.8 Å². The van der Waals surface area contributed by atoms with Crippen molar-refractivity contribution in [1.82, 2.24) is 4.98 Å². The highest BCUT2D eigenvalue weighted by Crippen LogP contribution is 2.38. The topological polar surface area (TPSA) is 48.1 Å². The van der Waals surface area contributed by atoms with Crippen molar-refractivity contribution in [3.63, 3.8) is 0 Å². The lowest BCUT2D eigenvalue weighted by Gasteiger charge is -2.13. The fourth-order valence-electron chi connectivity index (χ4n) is 2.19. The average molecular weight is 274 g/mol. The van der Waals surface area contributed by atoms with Gasteiger partial charge in [0.15, 0.2) is 0 Å². The van der Waals surface area contributed by atoms with Crippen molar-refractivity contribution >= 4 is 16.3 Å². The van der Waals surface area contributed by atoms with Gasteiger partial charge in [0.25, 0.3) is 0 Å². The summed E-state index contributed by atoms with van der Waals surface area (Å²) in [5.41, 5.74) is 9.43. The van der Waals surface area contributed by atoms with Crippen LogP contribution in [0.5, 0.6) is 5.75 Å². The summed E-state index contributed by atoms with van der Waals surface area (Å²) in [7, 11) is 0. The molecule has 0 fully saturated rings. The lowest BCUT2D eigenvalue weighted by atomic mass is 9.98. The molecule has 2 aromatic rings. The fraction of sp³-hybridized carbons (Fsp3) is 0.400. The van der Waals surface area contributed by atoms with Crippen molar-refractivity contribution in [1.29, 1.82) is 0 Å². The van der Waals surface area contributed by atoms with Gasteiger partial charge >= 0.3 is 0 Å². The van der Waals surface area contributed by atoms with Crippen LogP contribution in [0.2, 0.25) is 0 Å². The highest BCUT2D eigenvalue weighted by molar-refractivity contribution is 7.16. The van der Waals surface area contributed by atoms with E-state index in [4.69, 9.17) is 15.5 Å². The Kier molecular flexibility index (Phi) is 2.78. The Labute approximate surface area is 117 Å². The number of ether oxygens (including phenoxy) is 1. The molecule has 0 saturated carbocycles. The largest absolute Gasteiger partial charge is 0.493 e. The van der Waals surface area contributed by atoms with Crippen molar-refractivity contribution in [2.75, 3.05) is 12.3 Å². The lowest BCUT2D eigenvalue weighted by Crippen LogP contribution is -2.10. The van der Waals surface area contributed by atoms with E-state index in [1.807, 2.05) is 12.1 Å². The number of benzene rings is 1. The van der Waals surface area contributed by atoms with Crippen LogP contribution in [0.25, 0.3) is 11.3 Å². The molecule has 4 heteroatoms. The fourth-order valence-corrected chi connectivity index (χ4v) is 3.11. The molecule has 19 heavy (non-hydrogen) atoms. The smallest absolute Gasteiger partial charge is 0.122 e. The van der Waals surface area contributed by atoms with Gasteiger partial charge in [-0.2, -0.15) is 0 Å². The molecule has 0 bridgehead atoms. The van der Waals surface area contributed by atoms with Crippen molar-refractivity contribution in [3.8, 4) is 17.0 Å². The van der Waals surface area contributed by atoms with Gasteiger partial charge in [0.2, 0.25) is 0 Å². The van der Waals surface area contributed by atoms with E-state index in [9.17, 15) is 0 Å². The molecule has 1 aliphatic heterocycles. The standard InChI is InChI=1S/C15H18N2OS/c1-15(2,3)14-17-12(13(16)19-14)10-4-5-11-9(8-10)6-7-18-11/h4-5,8H,6-7,16H2,1-3H3. The Morgan fingerprint density at radius 1 is 1.32 bits per heavy atom. The third-order valence-electron chi connectivity index (χ3n) is 3.26. The average Bonchev–Trinajstić information content (AvgIpc) is 2.92. The van der Waals surface area contributed by atoms with Gasteiger partial charge in [0, 0.05) is 17.4 Å². The van der Waals surface area contributed by atoms with Crippen LogP contribution in [0.3, 0.4) is 0 Å². The molecule has 0 radical (unpaired) electrons. The van der Waals surface area contributed by atoms with Crippen LogP contribution in [0.4, 0.5) is 5.00 Å². The van der Waals surface area contributed by atoms with Crippen LogP contribution in [-0.4, -0.2) is 11.6 Å². The molecule has 1 aromatic heterocycles. The molecule has 1 aliphatic rings. The second kappa shape index (κ2) is 4.23. The van der Waals surface area contributed by atoms with E-state index in [1.54, 1.807) is 11.3 Å². The Hall–Kier alpha value is -1.55. The summed E-state index contributed by atoms with van der Waals surface area (Å²) in [5, 5.41) is 1.88. The zero-order valence-corrected chi connectivity index (χ0v) is 12.3. The molecule has 0 saturated heterocycles. The summed E-state index contributed by atoms with van der Waals surface area (Å²) in [5.74, 6) is 0.994. The minimum atomic E-state index is 0.0386. The van der Waals surface area contributed by atoms with Crippen molar-refractivity contribution in [2.24, 2.45) is 0 Å². The lowest BCUT2D eigenvalue weighted by molar-refractivity contribution is 0.357. The predicted octanol–water partition coefficient (Wildman–Crippen LogP) is 3.62. The van der Waals surface area contributed by atoms with Crippen molar-refractivity contribution < 1.29 is 4.74 Å². The van der Waals surface area contributed by atoms with Crippen molar-refractivity contribution in [3.05, 3.63) is 28.8 Å². The summed E-state index contributed by atoms with van der Waals surface area (Å²) < 4.78 is 5.53. The maximum atomic E-state index is 6.14. The van der Waals surface area contributed by atoms with E-state index < -0.39 is 0 Å². The molecule has 0 atom stereocenters. The molecule has 2 N–H and O–H groups in total. The van der Waals surface area contributed by atoms with E-state index in [1.165, 1.54) is 5.56 Å². The summed E-state index contributed by atoms with van der Waals surface area (Å²) in [6.45, 7) is 7.25. The minimum absolute atomic E-state index is 0.0386. The summed E-state index contributed by atoms with van der Waals surface area (Å²) in [6.07, 6.45) is 0.972. The number of thiazole rings is 1. The molecular weight excluding hydrogens is 256 g/mol. The third-order valence-corrected chi connectivity index (χ3v) is 4.57. The quantitative estimate of drug-likeness (QED) is 0.864. The number of hydrogen-bond donors (Lipinski definition) is 1. The Morgan fingerprint density at radius 3 is 2.79 bits per heavy atom. The number of nitrogens with two attached hydrogens (primary N) is 1. The molecule has 2 heterocycles. The van der Waals surface area contributed by atoms with Crippen LogP contribution >= 0.6 is 11.3 Å². The first-order chi connectivity index (χ1) is 8.95. The van der Waals surface area contributed by atoms with Crippen LogP contribution < -0.4 is 10.5 Å². The van der Waals surface area contributed by atoms with Gasteiger partial charge in [-0.05, 0) is 23.8 Å². The van der Waals surface area contributed by atoms with E-state index in [0.29, 0.717) is 0 Å². The first-order valence-corrected chi connectivity index (χ1v) is 7.30. The maximum Gasteiger partial charge on any atom is 0.122 e. The molecule has 1 aromatic carbocycles. The number of fused-ring (bicyclic) bond motifs is 1. The number of nitrogen functional groups attached to an aromatic ring is 1. The van der Waals surface area contributed by atoms with Crippen molar-refractivity contribution in [2.45, 2.75) is 32.6 Å². The Bertz CT molecular complexity index is 626. The second-order valence-electron chi connectivity index (χ2n) is 5.90. The first-order valence-electron chi connectivity index (χ1n) is 6.48. The minimum Gasteiger partial charge on any atom is -0.493 e. The Balaban J connectivity index is 2.05. The number of aromatic nitrogens is 1. The monoisotopic (exact) mass is 274 g/mol. The predicted molar refractivity (Wildman–Crippen MR) is 79.9 cm³/mol. The first kappa shape index (κ1) is 12.5. The normalized spacial score (nSPS) is 14.3. The number of anilines is 1. The molecule has 3 nitrogen and oxygen atoms in total. The van der Waals surface area contributed by atoms with E-state index in [0.717, 1.165) is 40.0 Å². The number of rotatable bonds is 1. The van der Waals surface area contributed by atoms with Crippen LogP contribution in [0.1, 0.15) is 31.3 Å². The number of nitrogens with zero attached hydrogens (tertiary/aromatic N) is 1. The Morgan fingerprint density at radius 2 is 2.11 bits per heavy atom. The van der Waals surface area contributed by atoms with Gasteiger partial charge in [-0.1, -0.05) is 20.8 Å². The molecule has 0 aliphatic carbocycles. The van der Waals surface area contributed by atoms with E-state index >= 15 is 0 Å². The number of hydrogen-bond acceptors (Lipinski definition) is 4. The van der Waals surface area contributed by atoms with Gasteiger partial charge in [0.1, 0.15) is 21.5 Å². The zero-order chi connectivity index (χ0) is 13.6. The molecule has 0 amide bonds. The summed E-state index contributed by atoms with van der Waals surface area (Å²) >= 11 is 1.58. The highest BCUT2D eigenvalue weighted by Gasteiger charge is 2.22. The van der Waals surface area contributed by atoms with Crippen LogP contribution in [0.15, 0.2) is 18.2 Å². The van der Waals surface area contributed by atoms with Gasteiger partial charge in [-0.25, -0.2) is 4.98 Å². The second-order valence-corrected chi connectivity index (χ2v) is 6.93. The maximum absolute atomic E-state index is 6.14. The highest BCUT2D eigenvalue weighted by atomic mass is 32.1. The van der Waals surface area contributed by atoms with Crippen LogP contribution in [0, 0.1) is 0 Å². The SMILES string of the molecule is CC(C)(C)c1nc(-c2ccc3c(c2)CCO3)c(N)s1. The van der Waals surface area contributed by atoms with E-state index in [-0.39, 0.29) is 5.41 Å². The molecule has 100 valence electrons. The van der Waals surface area contributed by atoms with Gasteiger partial charge < -0.3 is 10.5 Å². The van der Waals surface area contributed by atoms with Gasteiger partial charge in [-0.3, -0.25) is 0 Å². The third kappa shape index (κ3) is 2.21. The molecule has 3 rings (SSSR count). The summed E-state index contributed by atoms with van der Waals surface area (Å²) in [6, 6.07) is 6.22. The molecular formula is C15H18N2OS. The molecule has 0 spiro atoms. The van der Waals surface area contributed by atoms with Gasteiger partial charge in [0.05, 0.1) is 6.61 Å². The molecule has 0 unspecified atom stereocenters. The zero-order valence-electron chi connectivity index (χ0n) is 11.5. The van der Waals surface area contributed by atoms with Gasteiger partial charge in [-0.15, -0.1) is 11.3 Å². The van der Waals surface area contributed by atoms with Crippen LogP contribution in [-0.2, 0) is 11.8 Å².